The van der Waals surface area contributed by atoms with Gasteiger partial charge in [-0.3, -0.25) is 9.59 Å². The van der Waals surface area contributed by atoms with Crippen LogP contribution in [-0.4, -0.2) is 32.1 Å². The molecule has 0 bridgehead atoms. The van der Waals surface area contributed by atoms with Crippen molar-refractivity contribution >= 4 is 18.0 Å². The average molecular weight is 261 g/mol. The van der Waals surface area contributed by atoms with E-state index in [4.69, 9.17) is 4.74 Å². The number of carbonyl (C=O) groups is 2. The van der Waals surface area contributed by atoms with Crippen LogP contribution in [0.4, 0.5) is 0 Å². The number of methoxy groups -OCH3 is 1. The maximum atomic E-state index is 11.9. The summed E-state index contributed by atoms with van der Waals surface area (Å²) in [6.45, 7) is 0.492. The number of fused-ring (bicyclic) bond motifs is 1. The Hall–Kier alpha value is -2.30. The summed E-state index contributed by atoms with van der Waals surface area (Å²) in [5, 5.41) is 2.66. The van der Waals surface area contributed by atoms with Crippen LogP contribution in [-0.2, 0) is 14.3 Å². The first-order valence-electron chi connectivity index (χ1n) is 5.98. The summed E-state index contributed by atoms with van der Waals surface area (Å²) in [4.78, 5) is 22.8. The molecule has 0 unspecified atom stereocenters. The summed E-state index contributed by atoms with van der Waals surface area (Å²) >= 11 is 0. The van der Waals surface area contributed by atoms with Gasteiger partial charge < -0.3 is 14.8 Å². The Labute approximate surface area is 111 Å². The predicted molar refractivity (Wildman–Crippen MR) is 69.6 cm³/mol. The van der Waals surface area contributed by atoms with Gasteiger partial charge in [-0.1, -0.05) is 18.2 Å². The zero-order valence-electron chi connectivity index (χ0n) is 10.6. The second kappa shape index (κ2) is 6.04. The number of hydrogen-bond donors (Lipinski definition) is 1. The van der Waals surface area contributed by atoms with Gasteiger partial charge in [0.05, 0.1) is 19.1 Å². The first-order valence-corrected chi connectivity index (χ1v) is 5.98. The van der Waals surface area contributed by atoms with E-state index in [-0.39, 0.29) is 31.4 Å². The van der Waals surface area contributed by atoms with Gasteiger partial charge >= 0.3 is 5.97 Å². The van der Waals surface area contributed by atoms with E-state index in [0.29, 0.717) is 5.57 Å². The van der Waals surface area contributed by atoms with Crippen LogP contribution in [0.3, 0.4) is 0 Å². The number of para-hydroxylation sites is 1. The number of amides is 1. The second-order valence-electron chi connectivity index (χ2n) is 4.08. The summed E-state index contributed by atoms with van der Waals surface area (Å²) in [7, 11) is 1.32. The first kappa shape index (κ1) is 13.1. The molecule has 1 aliphatic heterocycles. The number of benzene rings is 1. The highest BCUT2D eigenvalue weighted by Gasteiger charge is 2.16. The van der Waals surface area contributed by atoms with E-state index in [0.717, 1.165) is 11.3 Å². The van der Waals surface area contributed by atoms with Gasteiger partial charge in [-0.05, 0) is 12.1 Å². The van der Waals surface area contributed by atoms with Crippen LogP contribution >= 0.6 is 0 Å². The summed E-state index contributed by atoms with van der Waals surface area (Å²) < 4.78 is 9.98. The van der Waals surface area contributed by atoms with Crippen LogP contribution in [0.25, 0.3) is 6.08 Å². The zero-order valence-corrected chi connectivity index (χ0v) is 10.6. The minimum atomic E-state index is -0.348. The molecule has 1 aromatic rings. The smallest absolute Gasteiger partial charge is 0.307 e. The standard InChI is InChI=1S/C14H15NO4/c1-18-13(16)6-7-15-14(17)11-8-10-4-2-3-5-12(10)19-9-11/h2-5,8H,6-7,9H2,1H3,(H,15,17). The van der Waals surface area contributed by atoms with E-state index in [1.807, 2.05) is 24.3 Å². The largest absolute Gasteiger partial charge is 0.488 e. The minimum absolute atomic E-state index is 0.160. The van der Waals surface area contributed by atoms with Gasteiger partial charge in [-0.25, -0.2) is 0 Å². The molecule has 0 atom stereocenters. The molecule has 5 nitrogen and oxygen atoms in total. The van der Waals surface area contributed by atoms with Crippen LogP contribution in [0.15, 0.2) is 29.8 Å². The number of nitrogens with one attached hydrogen (secondary N) is 1. The van der Waals surface area contributed by atoms with Gasteiger partial charge in [0.25, 0.3) is 5.91 Å². The van der Waals surface area contributed by atoms with Crippen LogP contribution in [0, 0.1) is 0 Å². The normalized spacial score (nSPS) is 12.8. The van der Waals surface area contributed by atoms with Gasteiger partial charge in [0.2, 0.25) is 0 Å². The van der Waals surface area contributed by atoms with E-state index in [9.17, 15) is 9.59 Å². The third-order valence-corrected chi connectivity index (χ3v) is 2.77. The Morgan fingerprint density at radius 2 is 2.16 bits per heavy atom. The molecule has 0 spiro atoms. The SMILES string of the molecule is COC(=O)CCNC(=O)C1=Cc2ccccc2OC1. The second-order valence-corrected chi connectivity index (χ2v) is 4.08. The molecule has 0 aliphatic carbocycles. The molecular formula is C14H15NO4. The molecule has 100 valence electrons. The van der Waals surface area contributed by atoms with Gasteiger partial charge in [0.1, 0.15) is 12.4 Å². The third-order valence-electron chi connectivity index (χ3n) is 2.77. The van der Waals surface area contributed by atoms with Crippen LogP contribution in [0.2, 0.25) is 0 Å². The Morgan fingerprint density at radius 3 is 2.95 bits per heavy atom. The lowest BCUT2D eigenvalue weighted by Gasteiger charge is -2.17. The lowest BCUT2D eigenvalue weighted by Crippen LogP contribution is -2.30. The predicted octanol–water partition coefficient (Wildman–Crippen LogP) is 1.14. The highest BCUT2D eigenvalue weighted by atomic mass is 16.5. The average Bonchev–Trinajstić information content (AvgIpc) is 2.46. The molecule has 1 N–H and O–H groups in total. The minimum Gasteiger partial charge on any atom is -0.488 e. The molecule has 1 amide bonds. The van der Waals surface area contributed by atoms with Crippen molar-refractivity contribution < 1.29 is 19.1 Å². The molecule has 1 aliphatic rings. The summed E-state index contributed by atoms with van der Waals surface area (Å²) in [6, 6.07) is 7.51. The van der Waals surface area contributed by atoms with Crippen molar-refractivity contribution in [1.82, 2.24) is 5.32 Å². The monoisotopic (exact) mass is 261 g/mol. The maximum absolute atomic E-state index is 11.9. The number of ether oxygens (including phenoxy) is 2. The van der Waals surface area contributed by atoms with Gasteiger partial charge in [0, 0.05) is 12.1 Å². The molecule has 5 heteroatoms. The molecule has 1 aromatic carbocycles. The number of rotatable bonds is 4. The highest BCUT2D eigenvalue weighted by Crippen LogP contribution is 2.25. The highest BCUT2D eigenvalue weighted by molar-refractivity contribution is 5.99. The summed E-state index contributed by atoms with van der Waals surface area (Å²) in [5.74, 6) is 0.200. The van der Waals surface area contributed by atoms with Gasteiger partial charge in [-0.15, -0.1) is 0 Å². The van der Waals surface area contributed by atoms with Gasteiger partial charge in [-0.2, -0.15) is 0 Å². The fourth-order valence-electron chi connectivity index (χ4n) is 1.74. The van der Waals surface area contributed by atoms with Crippen molar-refractivity contribution in [2.45, 2.75) is 6.42 Å². The third kappa shape index (κ3) is 3.34. The molecule has 0 saturated carbocycles. The summed E-state index contributed by atoms with van der Waals surface area (Å²) in [5.41, 5.74) is 1.43. The van der Waals surface area contributed by atoms with Crippen LogP contribution in [0.5, 0.6) is 5.75 Å². The Bertz CT molecular complexity index is 522. The van der Waals surface area contributed by atoms with E-state index >= 15 is 0 Å². The van der Waals surface area contributed by atoms with Crippen molar-refractivity contribution in [2.24, 2.45) is 0 Å². The lowest BCUT2D eigenvalue weighted by molar-refractivity contribution is -0.140. The topological polar surface area (TPSA) is 64.6 Å². The fraction of sp³-hybridized carbons (Fsp3) is 0.286. The van der Waals surface area contributed by atoms with Crippen molar-refractivity contribution in [3.63, 3.8) is 0 Å². The van der Waals surface area contributed by atoms with Crippen molar-refractivity contribution in [2.75, 3.05) is 20.3 Å². The van der Waals surface area contributed by atoms with Crippen LogP contribution in [0.1, 0.15) is 12.0 Å². The Balaban J connectivity index is 1.94. The van der Waals surface area contributed by atoms with Crippen LogP contribution < -0.4 is 10.1 Å². The molecule has 1 heterocycles. The lowest BCUT2D eigenvalue weighted by atomic mass is 10.1. The quantitative estimate of drug-likeness (QED) is 0.825. The Morgan fingerprint density at radius 1 is 1.37 bits per heavy atom. The molecule has 0 radical (unpaired) electrons. The number of carbonyl (C=O) groups excluding carboxylic acids is 2. The van der Waals surface area contributed by atoms with E-state index in [2.05, 4.69) is 10.1 Å². The van der Waals surface area contributed by atoms with E-state index < -0.39 is 0 Å². The van der Waals surface area contributed by atoms with E-state index in [1.165, 1.54) is 7.11 Å². The molecule has 2 rings (SSSR count). The van der Waals surface area contributed by atoms with E-state index in [1.54, 1.807) is 6.08 Å². The molecule has 0 saturated heterocycles. The van der Waals surface area contributed by atoms with Gasteiger partial charge in [0.15, 0.2) is 0 Å². The van der Waals surface area contributed by atoms with Crippen molar-refractivity contribution in [3.05, 3.63) is 35.4 Å². The van der Waals surface area contributed by atoms with Crippen molar-refractivity contribution in [1.29, 1.82) is 0 Å². The molecular weight excluding hydrogens is 246 g/mol. The number of esters is 1. The number of hydrogen-bond acceptors (Lipinski definition) is 4. The Kier molecular flexibility index (Phi) is 4.18. The zero-order chi connectivity index (χ0) is 13.7. The molecule has 19 heavy (non-hydrogen) atoms. The molecule has 0 fully saturated rings. The summed E-state index contributed by atoms with van der Waals surface area (Å²) in [6.07, 6.45) is 1.96. The molecule has 0 aromatic heterocycles. The van der Waals surface area contributed by atoms with Crippen molar-refractivity contribution in [3.8, 4) is 5.75 Å². The fourth-order valence-corrected chi connectivity index (χ4v) is 1.74. The first-order chi connectivity index (χ1) is 9.20. The maximum Gasteiger partial charge on any atom is 0.307 e.